The molecule has 1 aromatic carbocycles. The van der Waals surface area contributed by atoms with E-state index in [1.165, 1.54) is 0 Å². The number of nitrogens with one attached hydrogen (secondary N) is 1. The van der Waals surface area contributed by atoms with Crippen molar-refractivity contribution in [2.45, 2.75) is 19.4 Å². The smallest absolute Gasteiger partial charge is 0.250 e. The van der Waals surface area contributed by atoms with Crippen LogP contribution in [0.4, 0.5) is 11.5 Å². The topological polar surface area (TPSA) is 63.1 Å². The van der Waals surface area contributed by atoms with E-state index in [0.717, 1.165) is 34.5 Å². The summed E-state index contributed by atoms with van der Waals surface area (Å²) in [6.07, 6.45) is 2.46. The highest BCUT2D eigenvalue weighted by Gasteiger charge is 2.34. The second-order valence-electron chi connectivity index (χ2n) is 6.26. The van der Waals surface area contributed by atoms with Gasteiger partial charge in [0.05, 0.1) is 11.2 Å². The molecule has 1 saturated heterocycles. The Labute approximate surface area is 150 Å². The zero-order valence-corrected chi connectivity index (χ0v) is 14.8. The molecule has 4 rings (SSSR count). The number of rotatable bonds is 3. The van der Waals surface area contributed by atoms with Crippen LogP contribution in [0.2, 0.25) is 5.02 Å². The number of benzene rings is 1. The van der Waals surface area contributed by atoms with E-state index in [-0.39, 0.29) is 11.9 Å². The molecule has 1 fully saturated rings. The molecule has 25 heavy (non-hydrogen) atoms. The Morgan fingerprint density at radius 3 is 2.88 bits per heavy atom. The molecule has 1 amide bonds. The summed E-state index contributed by atoms with van der Waals surface area (Å²) in [6, 6.07) is 9.14. The van der Waals surface area contributed by atoms with Gasteiger partial charge in [0, 0.05) is 42.0 Å². The van der Waals surface area contributed by atoms with Gasteiger partial charge in [0.25, 0.3) is 5.91 Å². The number of aromatic nitrogens is 3. The molecule has 3 heterocycles. The van der Waals surface area contributed by atoms with Crippen molar-refractivity contribution in [3.8, 4) is 0 Å². The monoisotopic (exact) mass is 355 g/mol. The van der Waals surface area contributed by atoms with Gasteiger partial charge in [-0.3, -0.25) is 19.4 Å². The SMILES string of the molecule is Cc1cc(N2CCC(Nc3ccnc4cc(Cl)ccc34)C2=O)n(C)n1. The third-order valence-electron chi connectivity index (χ3n) is 4.49. The lowest BCUT2D eigenvalue weighted by Crippen LogP contribution is -2.34. The van der Waals surface area contributed by atoms with Crippen LogP contribution >= 0.6 is 11.6 Å². The van der Waals surface area contributed by atoms with Crippen molar-refractivity contribution < 1.29 is 4.79 Å². The minimum absolute atomic E-state index is 0.0573. The predicted molar refractivity (Wildman–Crippen MR) is 99.1 cm³/mol. The van der Waals surface area contributed by atoms with Crippen molar-refractivity contribution in [2.75, 3.05) is 16.8 Å². The van der Waals surface area contributed by atoms with E-state index in [0.29, 0.717) is 11.6 Å². The van der Waals surface area contributed by atoms with Gasteiger partial charge >= 0.3 is 0 Å². The van der Waals surface area contributed by atoms with Crippen LogP contribution in [-0.2, 0) is 11.8 Å². The van der Waals surface area contributed by atoms with E-state index in [1.807, 2.05) is 44.3 Å². The Kier molecular flexibility index (Phi) is 3.84. The average Bonchev–Trinajstić information content (AvgIpc) is 3.09. The molecule has 7 heteroatoms. The summed E-state index contributed by atoms with van der Waals surface area (Å²) in [6.45, 7) is 2.60. The van der Waals surface area contributed by atoms with Gasteiger partial charge in [-0.1, -0.05) is 11.6 Å². The summed E-state index contributed by atoms with van der Waals surface area (Å²) in [7, 11) is 1.86. The summed E-state index contributed by atoms with van der Waals surface area (Å²) in [5, 5.41) is 9.30. The maximum Gasteiger partial charge on any atom is 0.250 e. The van der Waals surface area contributed by atoms with Crippen LogP contribution in [0, 0.1) is 6.92 Å². The molecule has 1 aliphatic rings. The number of hydrogen-bond acceptors (Lipinski definition) is 4. The quantitative estimate of drug-likeness (QED) is 0.784. The Bertz CT molecular complexity index is 967. The van der Waals surface area contributed by atoms with Crippen LogP contribution in [0.5, 0.6) is 0 Å². The zero-order valence-electron chi connectivity index (χ0n) is 14.0. The number of nitrogens with zero attached hydrogens (tertiary/aromatic N) is 4. The third kappa shape index (κ3) is 2.82. The van der Waals surface area contributed by atoms with Gasteiger partial charge in [0.1, 0.15) is 11.9 Å². The maximum atomic E-state index is 12.8. The Balaban J connectivity index is 1.60. The van der Waals surface area contributed by atoms with Crippen molar-refractivity contribution >= 4 is 39.9 Å². The molecular formula is C18H18ClN5O. The molecule has 6 nitrogen and oxygen atoms in total. The van der Waals surface area contributed by atoms with E-state index in [4.69, 9.17) is 11.6 Å². The molecule has 1 unspecified atom stereocenters. The molecule has 0 saturated carbocycles. The number of fused-ring (bicyclic) bond motifs is 1. The first kappa shape index (κ1) is 15.9. The minimum Gasteiger partial charge on any atom is -0.373 e. The summed E-state index contributed by atoms with van der Waals surface area (Å²) in [5.41, 5.74) is 2.60. The fourth-order valence-corrected chi connectivity index (χ4v) is 3.49. The molecule has 3 aromatic rings. The highest BCUT2D eigenvalue weighted by atomic mass is 35.5. The number of anilines is 2. The summed E-state index contributed by atoms with van der Waals surface area (Å²) in [4.78, 5) is 19.0. The van der Waals surface area contributed by atoms with Crippen LogP contribution < -0.4 is 10.2 Å². The Hall–Kier alpha value is -2.60. The molecule has 0 radical (unpaired) electrons. The van der Waals surface area contributed by atoms with Crippen molar-refractivity contribution in [2.24, 2.45) is 7.05 Å². The first-order valence-corrected chi connectivity index (χ1v) is 8.53. The molecule has 1 aliphatic heterocycles. The van der Waals surface area contributed by atoms with Gasteiger partial charge in [0.2, 0.25) is 0 Å². The van der Waals surface area contributed by atoms with Gasteiger partial charge in [0.15, 0.2) is 0 Å². The lowest BCUT2D eigenvalue weighted by atomic mass is 10.1. The molecule has 0 spiro atoms. The molecule has 128 valence electrons. The van der Waals surface area contributed by atoms with Gasteiger partial charge < -0.3 is 5.32 Å². The van der Waals surface area contributed by atoms with Crippen molar-refractivity contribution in [1.82, 2.24) is 14.8 Å². The summed E-state index contributed by atoms with van der Waals surface area (Å²) < 4.78 is 1.75. The Morgan fingerprint density at radius 2 is 2.12 bits per heavy atom. The van der Waals surface area contributed by atoms with E-state index < -0.39 is 0 Å². The zero-order chi connectivity index (χ0) is 17.6. The molecular weight excluding hydrogens is 338 g/mol. The van der Waals surface area contributed by atoms with Crippen LogP contribution in [0.3, 0.4) is 0 Å². The molecule has 1 N–H and O–H groups in total. The standard InChI is InChI=1S/C18H18ClN5O/c1-11-9-17(23(2)22-11)24-8-6-15(18(24)25)21-14-5-7-20-16-10-12(19)3-4-13(14)16/h3-5,7,9-10,15H,6,8H2,1-2H3,(H,20,21). The number of pyridine rings is 1. The van der Waals surface area contributed by atoms with Gasteiger partial charge in [-0.15, -0.1) is 0 Å². The lowest BCUT2D eigenvalue weighted by Gasteiger charge is -2.18. The summed E-state index contributed by atoms with van der Waals surface area (Å²) >= 11 is 6.04. The van der Waals surface area contributed by atoms with E-state index in [1.54, 1.807) is 15.8 Å². The predicted octanol–water partition coefficient (Wildman–Crippen LogP) is 3.15. The lowest BCUT2D eigenvalue weighted by molar-refractivity contribution is -0.117. The third-order valence-corrected chi connectivity index (χ3v) is 4.73. The van der Waals surface area contributed by atoms with Gasteiger partial charge in [-0.05, 0) is 37.6 Å². The largest absolute Gasteiger partial charge is 0.373 e. The molecule has 0 bridgehead atoms. The van der Waals surface area contributed by atoms with E-state index >= 15 is 0 Å². The van der Waals surface area contributed by atoms with E-state index in [2.05, 4.69) is 15.4 Å². The number of amides is 1. The molecule has 2 aromatic heterocycles. The maximum absolute atomic E-state index is 12.8. The van der Waals surface area contributed by atoms with Crippen molar-refractivity contribution in [1.29, 1.82) is 0 Å². The normalized spacial score (nSPS) is 17.5. The first-order chi connectivity index (χ1) is 12.0. The highest BCUT2D eigenvalue weighted by Crippen LogP contribution is 2.28. The van der Waals surface area contributed by atoms with Gasteiger partial charge in [-0.25, -0.2) is 0 Å². The average molecular weight is 356 g/mol. The minimum atomic E-state index is -0.267. The first-order valence-electron chi connectivity index (χ1n) is 8.16. The number of carbonyl (C=O) groups excluding carboxylic acids is 1. The van der Waals surface area contributed by atoms with Crippen molar-refractivity contribution in [3.05, 3.63) is 47.2 Å². The van der Waals surface area contributed by atoms with Crippen LogP contribution in [0.25, 0.3) is 10.9 Å². The van der Waals surface area contributed by atoms with Gasteiger partial charge in [-0.2, -0.15) is 5.10 Å². The number of halogens is 1. The second kappa shape index (κ2) is 6.04. The number of carbonyl (C=O) groups is 1. The van der Waals surface area contributed by atoms with Crippen molar-refractivity contribution in [3.63, 3.8) is 0 Å². The fourth-order valence-electron chi connectivity index (χ4n) is 3.33. The van der Waals surface area contributed by atoms with Crippen LogP contribution in [0.15, 0.2) is 36.5 Å². The molecule has 0 aliphatic carbocycles. The number of hydrogen-bond donors (Lipinski definition) is 1. The Morgan fingerprint density at radius 1 is 1.28 bits per heavy atom. The van der Waals surface area contributed by atoms with Crippen LogP contribution in [-0.4, -0.2) is 33.3 Å². The van der Waals surface area contributed by atoms with Crippen LogP contribution in [0.1, 0.15) is 12.1 Å². The second-order valence-corrected chi connectivity index (χ2v) is 6.70. The number of aryl methyl sites for hydroxylation is 2. The summed E-state index contributed by atoms with van der Waals surface area (Å²) in [5.74, 6) is 0.889. The highest BCUT2D eigenvalue weighted by molar-refractivity contribution is 6.31. The fraction of sp³-hybridized carbons (Fsp3) is 0.278. The molecule has 1 atom stereocenters. The van der Waals surface area contributed by atoms with E-state index in [9.17, 15) is 4.79 Å².